The zero-order chi connectivity index (χ0) is 18.5. The second kappa shape index (κ2) is 7.97. The van der Waals surface area contributed by atoms with Crippen LogP contribution in [0.3, 0.4) is 0 Å². The lowest BCUT2D eigenvalue weighted by Gasteiger charge is -2.25. The summed E-state index contributed by atoms with van der Waals surface area (Å²) in [4.78, 5) is 13.6. The van der Waals surface area contributed by atoms with Gasteiger partial charge in [0.15, 0.2) is 0 Å². The Morgan fingerprint density at radius 1 is 1.15 bits per heavy atom. The molecule has 1 aliphatic rings. The molecule has 0 radical (unpaired) electrons. The molecule has 0 aliphatic heterocycles. The molecular weight excluding hydrogens is 328 g/mol. The van der Waals surface area contributed by atoms with Crippen molar-refractivity contribution >= 4 is 23.3 Å². The second-order valence-electron chi connectivity index (χ2n) is 6.13. The number of carbonyl (C=O) groups excluding carboxylic acids is 1. The van der Waals surface area contributed by atoms with Gasteiger partial charge < -0.3 is 20.0 Å². The fourth-order valence-corrected chi connectivity index (χ4v) is 3.40. The number of rotatable bonds is 6. The Hall–Kier alpha value is -2.92. The molecule has 5 heteroatoms. The zero-order valence-corrected chi connectivity index (χ0v) is 14.7. The minimum atomic E-state index is -0.556. The van der Waals surface area contributed by atoms with Crippen LogP contribution in [0.5, 0.6) is 0 Å². The minimum absolute atomic E-state index is 0.109. The van der Waals surface area contributed by atoms with E-state index in [-0.39, 0.29) is 6.61 Å². The van der Waals surface area contributed by atoms with Crippen molar-refractivity contribution in [3.63, 3.8) is 0 Å². The van der Waals surface area contributed by atoms with Crippen LogP contribution in [0.4, 0.5) is 5.69 Å². The Morgan fingerprint density at radius 3 is 2.50 bits per heavy atom. The van der Waals surface area contributed by atoms with Crippen molar-refractivity contribution in [1.29, 1.82) is 0 Å². The van der Waals surface area contributed by atoms with Crippen LogP contribution < -0.4 is 4.90 Å². The van der Waals surface area contributed by atoms with E-state index in [1.54, 1.807) is 6.08 Å². The van der Waals surface area contributed by atoms with E-state index >= 15 is 0 Å². The highest BCUT2D eigenvalue weighted by Crippen LogP contribution is 2.36. The number of likely N-dealkylation sites (N-methyl/N-ethyl adjacent to an activating group) is 1. The maximum Gasteiger partial charge on any atom is 0.133 e. The van der Waals surface area contributed by atoms with Crippen LogP contribution in [0, 0.1) is 0 Å². The third kappa shape index (κ3) is 3.26. The summed E-state index contributed by atoms with van der Waals surface area (Å²) < 4.78 is 0. The van der Waals surface area contributed by atoms with Gasteiger partial charge in [0.05, 0.1) is 18.2 Å². The number of allylic oxidation sites excluding steroid dienone is 1. The van der Waals surface area contributed by atoms with Crippen LogP contribution in [-0.2, 0) is 4.79 Å². The molecule has 2 N–H and O–H groups in total. The van der Waals surface area contributed by atoms with Gasteiger partial charge in [-0.15, -0.1) is 0 Å². The van der Waals surface area contributed by atoms with E-state index < -0.39 is 5.92 Å². The van der Waals surface area contributed by atoms with Crippen molar-refractivity contribution in [2.45, 2.75) is 12.8 Å². The van der Waals surface area contributed by atoms with Crippen molar-refractivity contribution < 1.29 is 15.1 Å². The molecule has 134 valence electrons. The standard InChI is InChI=1S/C21H22N2O3/c1-2-23(11-12-24)16-9-7-15(8-10-16)19-13-21(22-26)20(14-25)18-6-4-3-5-17(18)19/h3-10,13-14,20,24,26H,2,11-12H2,1H3. The van der Waals surface area contributed by atoms with E-state index in [0.717, 1.165) is 40.8 Å². The number of benzene rings is 2. The number of nitrogens with zero attached hydrogens (tertiary/aromatic N) is 2. The lowest BCUT2D eigenvalue weighted by atomic mass is 9.80. The van der Waals surface area contributed by atoms with Crippen LogP contribution in [0.1, 0.15) is 29.5 Å². The summed E-state index contributed by atoms with van der Waals surface area (Å²) in [5.74, 6) is -0.556. The molecule has 0 spiro atoms. The third-order valence-corrected chi connectivity index (χ3v) is 4.74. The molecule has 2 aromatic carbocycles. The van der Waals surface area contributed by atoms with Gasteiger partial charge in [-0.25, -0.2) is 0 Å². The average Bonchev–Trinajstić information content (AvgIpc) is 2.71. The fraction of sp³-hybridized carbons (Fsp3) is 0.238. The molecule has 0 saturated carbocycles. The molecule has 26 heavy (non-hydrogen) atoms. The number of carbonyl (C=O) groups is 1. The minimum Gasteiger partial charge on any atom is -0.411 e. The molecule has 0 amide bonds. The van der Waals surface area contributed by atoms with Crippen LogP contribution in [0.25, 0.3) is 5.57 Å². The second-order valence-corrected chi connectivity index (χ2v) is 6.13. The van der Waals surface area contributed by atoms with E-state index in [1.165, 1.54) is 0 Å². The maximum atomic E-state index is 11.5. The number of aldehydes is 1. The molecular formula is C21H22N2O3. The zero-order valence-electron chi connectivity index (χ0n) is 14.7. The average molecular weight is 350 g/mol. The van der Waals surface area contributed by atoms with Crippen molar-refractivity contribution in [1.82, 2.24) is 0 Å². The summed E-state index contributed by atoms with van der Waals surface area (Å²) in [5, 5.41) is 21.9. The highest BCUT2D eigenvalue weighted by Gasteiger charge is 2.27. The predicted octanol–water partition coefficient (Wildman–Crippen LogP) is 3.06. The molecule has 3 rings (SSSR count). The van der Waals surface area contributed by atoms with E-state index in [2.05, 4.69) is 10.1 Å². The Balaban J connectivity index is 2.03. The molecule has 0 bridgehead atoms. The molecule has 2 aromatic rings. The lowest BCUT2D eigenvalue weighted by molar-refractivity contribution is -0.107. The van der Waals surface area contributed by atoms with Crippen molar-refractivity contribution in [3.8, 4) is 0 Å². The summed E-state index contributed by atoms with van der Waals surface area (Å²) in [6.07, 6.45) is 2.57. The van der Waals surface area contributed by atoms with Gasteiger partial charge in [-0.3, -0.25) is 0 Å². The molecule has 0 fully saturated rings. The SMILES string of the molecule is CCN(CCO)c1ccc(C2=CC(=NO)C(C=O)c3ccccc32)cc1. The van der Waals surface area contributed by atoms with Crippen LogP contribution >= 0.6 is 0 Å². The van der Waals surface area contributed by atoms with Gasteiger partial charge in [0.1, 0.15) is 6.29 Å². The Morgan fingerprint density at radius 2 is 1.88 bits per heavy atom. The Kier molecular flexibility index (Phi) is 5.49. The first-order chi connectivity index (χ1) is 12.7. The quantitative estimate of drug-likeness (QED) is 0.477. The number of hydrogen-bond acceptors (Lipinski definition) is 5. The molecule has 0 aromatic heterocycles. The predicted molar refractivity (Wildman–Crippen MR) is 103 cm³/mol. The third-order valence-electron chi connectivity index (χ3n) is 4.74. The number of aliphatic hydroxyl groups is 1. The molecule has 1 unspecified atom stereocenters. The van der Waals surface area contributed by atoms with E-state index in [0.29, 0.717) is 12.3 Å². The summed E-state index contributed by atoms with van der Waals surface area (Å²) >= 11 is 0. The van der Waals surface area contributed by atoms with Gasteiger partial charge in [-0.1, -0.05) is 41.6 Å². The van der Waals surface area contributed by atoms with Gasteiger partial charge in [0.2, 0.25) is 0 Å². The van der Waals surface area contributed by atoms with E-state index in [1.807, 2.05) is 55.5 Å². The van der Waals surface area contributed by atoms with Crippen LogP contribution in [0.15, 0.2) is 59.8 Å². The highest BCUT2D eigenvalue weighted by atomic mass is 16.4. The number of aliphatic hydroxyl groups excluding tert-OH is 1. The van der Waals surface area contributed by atoms with Crippen molar-refractivity contribution in [2.75, 3.05) is 24.6 Å². The number of anilines is 1. The summed E-state index contributed by atoms with van der Waals surface area (Å²) in [6.45, 7) is 3.56. The summed E-state index contributed by atoms with van der Waals surface area (Å²) in [6, 6.07) is 15.7. The van der Waals surface area contributed by atoms with E-state index in [4.69, 9.17) is 0 Å². The molecule has 1 aliphatic carbocycles. The monoisotopic (exact) mass is 350 g/mol. The summed E-state index contributed by atoms with van der Waals surface area (Å²) in [5.41, 5.74) is 5.08. The van der Waals surface area contributed by atoms with Crippen molar-refractivity contribution in [3.05, 3.63) is 71.3 Å². The first kappa shape index (κ1) is 17.9. The van der Waals surface area contributed by atoms with Gasteiger partial charge in [0.25, 0.3) is 0 Å². The number of hydrogen-bond donors (Lipinski definition) is 2. The van der Waals surface area contributed by atoms with Crippen molar-refractivity contribution in [2.24, 2.45) is 5.16 Å². The van der Waals surface area contributed by atoms with Gasteiger partial charge in [0, 0.05) is 18.8 Å². The van der Waals surface area contributed by atoms with Gasteiger partial charge >= 0.3 is 0 Å². The molecule has 0 saturated heterocycles. The summed E-state index contributed by atoms with van der Waals surface area (Å²) in [7, 11) is 0. The van der Waals surface area contributed by atoms with Crippen LogP contribution in [-0.4, -0.2) is 42.0 Å². The van der Waals surface area contributed by atoms with Gasteiger partial charge in [-0.2, -0.15) is 0 Å². The topological polar surface area (TPSA) is 73.1 Å². The first-order valence-corrected chi connectivity index (χ1v) is 8.68. The smallest absolute Gasteiger partial charge is 0.133 e. The Bertz CT molecular complexity index is 841. The number of fused-ring (bicyclic) bond motifs is 1. The largest absolute Gasteiger partial charge is 0.411 e. The molecule has 1 atom stereocenters. The molecule has 5 nitrogen and oxygen atoms in total. The Labute approximate surface area is 152 Å². The van der Waals surface area contributed by atoms with Crippen LogP contribution in [0.2, 0.25) is 0 Å². The lowest BCUT2D eigenvalue weighted by Crippen LogP contribution is -2.26. The van der Waals surface area contributed by atoms with Gasteiger partial charge in [-0.05, 0) is 47.4 Å². The fourth-order valence-electron chi connectivity index (χ4n) is 3.40. The first-order valence-electron chi connectivity index (χ1n) is 8.68. The highest BCUT2D eigenvalue weighted by molar-refractivity contribution is 6.16. The van der Waals surface area contributed by atoms with E-state index in [9.17, 15) is 15.1 Å². The maximum absolute atomic E-state index is 11.5. The normalized spacial score (nSPS) is 17.5. The molecule has 0 heterocycles. The number of oxime groups is 1.